The van der Waals surface area contributed by atoms with Gasteiger partial charge in [0.15, 0.2) is 11.6 Å². The summed E-state index contributed by atoms with van der Waals surface area (Å²) in [4.78, 5) is 10.1. The molecule has 0 amide bonds. The summed E-state index contributed by atoms with van der Waals surface area (Å²) in [6.07, 6.45) is 4.74. The van der Waals surface area contributed by atoms with Gasteiger partial charge in [-0.2, -0.15) is 0 Å². The second kappa shape index (κ2) is 5.86. The van der Waals surface area contributed by atoms with E-state index in [1.165, 1.54) is 26.0 Å². The Balaban J connectivity index is 2.13. The summed E-state index contributed by atoms with van der Waals surface area (Å²) in [6.45, 7) is 0.692. The van der Waals surface area contributed by atoms with Crippen molar-refractivity contribution in [3.8, 4) is 5.75 Å². The molecule has 0 heterocycles. The first-order valence-corrected chi connectivity index (χ1v) is 6.37. The van der Waals surface area contributed by atoms with Crippen LogP contribution in [0.15, 0.2) is 12.1 Å². The predicted octanol–water partition coefficient (Wildman–Crippen LogP) is 3.34. The van der Waals surface area contributed by atoms with E-state index in [4.69, 9.17) is 4.74 Å². The Kier molecular flexibility index (Phi) is 4.19. The molecule has 0 bridgehead atoms. The van der Waals surface area contributed by atoms with Gasteiger partial charge in [0, 0.05) is 12.6 Å². The van der Waals surface area contributed by atoms with E-state index in [0.717, 1.165) is 18.9 Å². The summed E-state index contributed by atoms with van der Waals surface area (Å²) in [5.74, 6) is 0.00593. The molecular formula is C13H17FN2O3. The molecule has 1 aliphatic carbocycles. The van der Waals surface area contributed by atoms with Crippen LogP contribution >= 0.6 is 0 Å². The fourth-order valence-electron chi connectivity index (χ4n) is 2.45. The topological polar surface area (TPSA) is 64.4 Å². The normalized spacial score (nSPS) is 15.5. The molecule has 0 aliphatic heterocycles. The van der Waals surface area contributed by atoms with Crippen molar-refractivity contribution in [2.24, 2.45) is 5.92 Å². The van der Waals surface area contributed by atoms with Gasteiger partial charge in [0.2, 0.25) is 0 Å². The maximum Gasteiger partial charge on any atom is 0.313 e. The molecule has 0 atom stereocenters. The van der Waals surface area contributed by atoms with Crippen LogP contribution in [0.5, 0.6) is 5.75 Å². The molecule has 19 heavy (non-hydrogen) atoms. The number of hydrogen-bond acceptors (Lipinski definition) is 4. The summed E-state index contributed by atoms with van der Waals surface area (Å²) in [7, 11) is 1.33. The van der Waals surface area contributed by atoms with Crippen molar-refractivity contribution in [3.63, 3.8) is 0 Å². The number of benzene rings is 1. The van der Waals surface area contributed by atoms with Gasteiger partial charge in [-0.3, -0.25) is 10.1 Å². The number of methoxy groups -OCH3 is 1. The second-order valence-electron chi connectivity index (χ2n) is 4.79. The molecule has 6 heteroatoms. The van der Waals surface area contributed by atoms with Crippen molar-refractivity contribution in [1.29, 1.82) is 0 Å². The Bertz CT molecular complexity index is 473. The van der Waals surface area contributed by atoms with E-state index in [0.29, 0.717) is 12.5 Å². The van der Waals surface area contributed by atoms with Gasteiger partial charge in [-0.15, -0.1) is 0 Å². The Morgan fingerprint density at radius 1 is 1.47 bits per heavy atom. The maximum atomic E-state index is 13.8. The lowest BCUT2D eigenvalue weighted by Gasteiger charge is -2.13. The first-order chi connectivity index (χ1) is 9.11. The molecule has 1 N–H and O–H groups in total. The molecule has 2 rings (SSSR count). The number of halogens is 1. The molecule has 1 aromatic carbocycles. The highest BCUT2D eigenvalue weighted by molar-refractivity contribution is 5.59. The minimum absolute atomic E-state index is 0.0697. The number of nitrogens with one attached hydrogen (secondary N) is 1. The van der Waals surface area contributed by atoms with E-state index >= 15 is 0 Å². The molecule has 1 aliphatic rings. The molecule has 0 radical (unpaired) electrons. The monoisotopic (exact) mass is 268 g/mol. The number of rotatable bonds is 5. The van der Waals surface area contributed by atoms with Crippen molar-refractivity contribution in [2.75, 3.05) is 19.0 Å². The lowest BCUT2D eigenvalue weighted by Crippen LogP contribution is -2.12. The molecule has 1 aromatic rings. The van der Waals surface area contributed by atoms with Gasteiger partial charge in [0.25, 0.3) is 0 Å². The third-order valence-corrected chi connectivity index (χ3v) is 3.52. The van der Waals surface area contributed by atoms with Crippen molar-refractivity contribution in [3.05, 3.63) is 28.1 Å². The van der Waals surface area contributed by atoms with Gasteiger partial charge >= 0.3 is 5.69 Å². The van der Waals surface area contributed by atoms with Crippen molar-refractivity contribution >= 4 is 11.4 Å². The van der Waals surface area contributed by atoms with Crippen LogP contribution in [-0.4, -0.2) is 18.6 Å². The maximum absolute atomic E-state index is 13.8. The smallest absolute Gasteiger partial charge is 0.313 e. The molecular weight excluding hydrogens is 251 g/mol. The van der Waals surface area contributed by atoms with E-state index in [1.54, 1.807) is 0 Å². The third kappa shape index (κ3) is 3.13. The lowest BCUT2D eigenvalue weighted by atomic mass is 10.1. The molecule has 1 saturated carbocycles. The van der Waals surface area contributed by atoms with Crippen LogP contribution in [0.3, 0.4) is 0 Å². The second-order valence-corrected chi connectivity index (χ2v) is 4.79. The fraction of sp³-hybridized carbons (Fsp3) is 0.538. The molecule has 0 saturated heterocycles. The summed E-state index contributed by atoms with van der Waals surface area (Å²) in [6, 6.07) is 2.25. The highest BCUT2D eigenvalue weighted by Gasteiger charge is 2.20. The molecule has 1 fully saturated rings. The van der Waals surface area contributed by atoms with Gasteiger partial charge in [-0.1, -0.05) is 12.8 Å². The van der Waals surface area contributed by atoms with Gasteiger partial charge < -0.3 is 10.1 Å². The average Bonchev–Trinajstić information content (AvgIpc) is 2.90. The summed E-state index contributed by atoms with van der Waals surface area (Å²) < 4.78 is 18.7. The first-order valence-electron chi connectivity index (χ1n) is 6.37. The zero-order valence-electron chi connectivity index (χ0n) is 10.8. The highest BCUT2D eigenvalue weighted by atomic mass is 19.1. The average molecular weight is 268 g/mol. The van der Waals surface area contributed by atoms with Gasteiger partial charge in [0.05, 0.1) is 23.8 Å². The van der Waals surface area contributed by atoms with E-state index in [1.807, 2.05) is 0 Å². The summed E-state index contributed by atoms with van der Waals surface area (Å²) in [5, 5.41) is 13.8. The third-order valence-electron chi connectivity index (χ3n) is 3.52. The van der Waals surface area contributed by atoms with Crippen molar-refractivity contribution in [1.82, 2.24) is 0 Å². The van der Waals surface area contributed by atoms with E-state index in [-0.39, 0.29) is 17.1 Å². The van der Waals surface area contributed by atoms with Crippen LogP contribution in [0.4, 0.5) is 15.8 Å². The minimum atomic E-state index is -0.650. The summed E-state index contributed by atoms with van der Waals surface area (Å²) >= 11 is 0. The number of nitrogens with zero attached hydrogens (tertiary/aromatic N) is 1. The quantitative estimate of drug-likeness (QED) is 0.657. The standard InChI is InChI=1S/C13H17FN2O3/c1-19-13-7-11(10(14)6-12(13)16(17)18)15-8-9-4-2-3-5-9/h6-7,9,15H,2-5,8H2,1H3. The zero-order valence-corrected chi connectivity index (χ0v) is 10.8. The van der Waals surface area contributed by atoms with Crippen LogP contribution in [-0.2, 0) is 0 Å². The van der Waals surface area contributed by atoms with Gasteiger partial charge in [-0.05, 0) is 18.8 Å². The zero-order chi connectivity index (χ0) is 13.8. The van der Waals surface area contributed by atoms with E-state index in [2.05, 4.69) is 5.32 Å². The van der Waals surface area contributed by atoms with Gasteiger partial charge in [0.1, 0.15) is 0 Å². The van der Waals surface area contributed by atoms with Crippen LogP contribution in [0.25, 0.3) is 0 Å². The van der Waals surface area contributed by atoms with E-state index in [9.17, 15) is 14.5 Å². The predicted molar refractivity (Wildman–Crippen MR) is 70.1 cm³/mol. The number of hydrogen-bond donors (Lipinski definition) is 1. The van der Waals surface area contributed by atoms with Crippen LogP contribution in [0.1, 0.15) is 25.7 Å². The number of anilines is 1. The Hall–Kier alpha value is -1.85. The SMILES string of the molecule is COc1cc(NCC2CCCC2)c(F)cc1[N+](=O)[O-]. The van der Waals surface area contributed by atoms with Crippen LogP contribution in [0, 0.1) is 21.8 Å². The van der Waals surface area contributed by atoms with Crippen LogP contribution in [0.2, 0.25) is 0 Å². The fourth-order valence-corrected chi connectivity index (χ4v) is 2.45. The van der Waals surface area contributed by atoms with E-state index < -0.39 is 10.7 Å². The number of ether oxygens (including phenoxy) is 1. The largest absolute Gasteiger partial charge is 0.490 e. The molecule has 0 aromatic heterocycles. The lowest BCUT2D eigenvalue weighted by molar-refractivity contribution is -0.385. The summed E-state index contributed by atoms with van der Waals surface area (Å²) in [5.41, 5.74) is -0.0965. The molecule has 104 valence electrons. The van der Waals surface area contributed by atoms with Crippen molar-refractivity contribution < 1.29 is 14.1 Å². The minimum Gasteiger partial charge on any atom is -0.490 e. The molecule has 5 nitrogen and oxygen atoms in total. The van der Waals surface area contributed by atoms with Crippen LogP contribution < -0.4 is 10.1 Å². The Labute approximate surface area is 110 Å². The first kappa shape index (κ1) is 13.6. The molecule has 0 spiro atoms. The number of nitro groups is 1. The number of nitro benzene ring substituents is 1. The Morgan fingerprint density at radius 3 is 2.74 bits per heavy atom. The van der Waals surface area contributed by atoms with Gasteiger partial charge in [-0.25, -0.2) is 4.39 Å². The van der Waals surface area contributed by atoms with Crippen molar-refractivity contribution in [2.45, 2.75) is 25.7 Å². The molecule has 0 unspecified atom stereocenters. The highest BCUT2D eigenvalue weighted by Crippen LogP contribution is 2.33. The Morgan fingerprint density at radius 2 is 2.16 bits per heavy atom.